The van der Waals surface area contributed by atoms with E-state index in [0.717, 1.165) is 29.2 Å². The van der Waals surface area contributed by atoms with Gasteiger partial charge in [-0.1, -0.05) is 18.7 Å². The van der Waals surface area contributed by atoms with Crippen molar-refractivity contribution in [2.75, 3.05) is 18.0 Å². The van der Waals surface area contributed by atoms with Crippen LogP contribution < -0.4 is 15.4 Å². The first-order valence-corrected chi connectivity index (χ1v) is 9.70. The molecular formula is C18H17F2N3O4S. The summed E-state index contributed by atoms with van der Waals surface area (Å²) in [7, 11) is -3.91. The van der Waals surface area contributed by atoms with Gasteiger partial charge in [-0.3, -0.25) is 4.90 Å². The second-order valence-electron chi connectivity index (χ2n) is 6.08. The predicted molar refractivity (Wildman–Crippen MR) is 99.0 cm³/mol. The van der Waals surface area contributed by atoms with Gasteiger partial charge in [0.15, 0.2) is 0 Å². The van der Waals surface area contributed by atoms with Crippen LogP contribution in [0.2, 0.25) is 0 Å². The van der Waals surface area contributed by atoms with Gasteiger partial charge < -0.3 is 10.1 Å². The zero-order chi connectivity index (χ0) is 20.5. The highest BCUT2D eigenvalue weighted by atomic mass is 32.2. The highest BCUT2D eigenvalue weighted by Crippen LogP contribution is 2.32. The van der Waals surface area contributed by atoms with Crippen LogP contribution >= 0.6 is 0 Å². The Kier molecular flexibility index (Phi) is 5.34. The number of hydrogen-bond acceptors (Lipinski definition) is 5. The van der Waals surface area contributed by atoms with Gasteiger partial charge in [-0.25, -0.2) is 27.1 Å². The van der Waals surface area contributed by atoms with Gasteiger partial charge in [-0.2, -0.15) is 0 Å². The number of sulfonamides is 1. The number of ether oxygens (including phenoxy) is 1. The van der Waals surface area contributed by atoms with Gasteiger partial charge in [0.2, 0.25) is 10.0 Å². The quantitative estimate of drug-likeness (QED) is 0.763. The maximum Gasteiger partial charge on any atom is 0.414 e. The lowest BCUT2D eigenvalue weighted by molar-refractivity contribution is 0.142. The maximum absolute atomic E-state index is 14.6. The molecule has 1 saturated heterocycles. The number of anilines is 1. The van der Waals surface area contributed by atoms with Crippen molar-refractivity contribution >= 4 is 21.8 Å². The molecule has 0 unspecified atom stereocenters. The fraction of sp³-hybridized carbons (Fsp3) is 0.167. The Morgan fingerprint density at radius 3 is 2.39 bits per heavy atom. The molecule has 2 aromatic rings. The van der Waals surface area contributed by atoms with Gasteiger partial charge in [0, 0.05) is 0 Å². The van der Waals surface area contributed by atoms with Crippen molar-refractivity contribution in [3.05, 3.63) is 60.8 Å². The average Bonchev–Trinajstić information content (AvgIpc) is 2.99. The van der Waals surface area contributed by atoms with E-state index < -0.39 is 33.9 Å². The van der Waals surface area contributed by atoms with Crippen LogP contribution in [0.5, 0.6) is 0 Å². The molecule has 0 bridgehead atoms. The van der Waals surface area contributed by atoms with E-state index in [1.807, 2.05) is 0 Å². The van der Waals surface area contributed by atoms with Crippen molar-refractivity contribution in [2.24, 2.45) is 5.14 Å². The van der Waals surface area contributed by atoms with Crippen LogP contribution in [0.3, 0.4) is 0 Å². The number of benzene rings is 2. The van der Waals surface area contributed by atoms with Gasteiger partial charge >= 0.3 is 6.09 Å². The molecule has 148 valence electrons. The molecule has 7 nitrogen and oxygen atoms in total. The molecule has 1 fully saturated rings. The minimum absolute atomic E-state index is 0.0195. The number of carbonyl (C=O) groups excluding carboxylic acids is 1. The summed E-state index contributed by atoms with van der Waals surface area (Å²) in [4.78, 5) is 13.0. The number of cyclic esters (lactones) is 1. The number of halogens is 2. The molecule has 0 aliphatic carbocycles. The summed E-state index contributed by atoms with van der Waals surface area (Å²) < 4.78 is 57.0. The van der Waals surface area contributed by atoms with E-state index in [1.165, 1.54) is 18.3 Å². The molecule has 28 heavy (non-hydrogen) atoms. The normalized spacial score (nSPS) is 16.8. The van der Waals surface area contributed by atoms with E-state index >= 15 is 0 Å². The molecule has 0 radical (unpaired) electrons. The van der Waals surface area contributed by atoms with E-state index in [0.29, 0.717) is 6.54 Å². The Morgan fingerprint density at radius 1 is 1.25 bits per heavy atom. The Labute approximate surface area is 160 Å². The number of nitrogens with two attached hydrogens (primary N) is 1. The van der Waals surface area contributed by atoms with Gasteiger partial charge in [0.1, 0.15) is 17.7 Å². The van der Waals surface area contributed by atoms with Crippen LogP contribution in [0.15, 0.2) is 54.1 Å². The van der Waals surface area contributed by atoms with Gasteiger partial charge in [-0.05, 0) is 36.0 Å². The van der Waals surface area contributed by atoms with Crippen molar-refractivity contribution in [3.63, 3.8) is 0 Å². The maximum atomic E-state index is 14.6. The summed E-state index contributed by atoms with van der Waals surface area (Å²) >= 11 is 0. The number of nitrogens with one attached hydrogen (secondary N) is 1. The molecule has 3 N–H and O–H groups in total. The van der Waals surface area contributed by atoms with E-state index in [1.54, 1.807) is 0 Å². The van der Waals surface area contributed by atoms with Gasteiger partial charge in [0.25, 0.3) is 0 Å². The summed E-state index contributed by atoms with van der Waals surface area (Å²) in [5.41, 5.74) is -0.195. The summed E-state index contributed by atoms with van der Waals surface area (Å²) in [6.07, 6.45) is 0.258. The number of primary sulfonamides is 1. The lowest BCUT2D eigenvalue weighted by Crippen LogP contribution is -2.28. The monoisotopic (exact) mass is 409 g/mol. The summed E-state index contributed by atoms with van der Waals surface area (Å²) in [5, 5.41) is 7.83. The Morgan fingerprint density at radius 2 is 1.86 bits per heavy atom. The van der Waals surface area contributed by atoms with Gasteiger partial charge in [0.05, 0.1) is 29.2 Å². The number of nitrogens with zero attached hydrogens (tertiary/aromatic N) is 1. The molecule has 0 saturated carbocycles. The Bertz CT molecular complexity index is 1000. The summed E-state index contributed by atoms with van der Waals surface area (Å²) in [5.74, 6) is -1.81. The molecular weight excluding hydrogens is 392 g/mol. The topological polar surface area (TPSA) is 102 Å². The van der Waals surface area contributed by atoms with Crippen LogP contribution in [0, 0.1) is 11.6 Å². The molecule has 1 aliphatic heterocycles. The first kappa shape index (κ1) is 19.8. The zero-order valence-corrected chi connectivity index (χ0v) is 15.4. The van der Waals surface area contributed by atoms with Gasteiger partial charge in [-0.15, -0.1) is 0 Å². The standard InChI is InChI=1S/C18H17F2N3O4S/c1-2-22-9-13-10-23(18(24)27-13)12-7-15(19)17(16(20)8-12)11-3-5-14(6-4-11)28(21,25)26/h2-8,13,22H,1,9-10H2,(H2,21,25,26)/t13-/m0/s1. The first-order valence-electron chi connectivity index (χ1n) is 8.15. The average molecular weight is 409 g/mol. The zero-order valence-electron chi connectivity index (χ0n) is 14.6. The van der Waals surface area contributed by atoms with Crippen molar-refractivity contribution in [2.45, 2.75) is 11.0 Å². The van der Waals surface area contributed by atoms with E-state index in [4.69, 9.17) is 9.88 Å². The summed E-state index contributed by atoms with van der Waals surface area (Å²) in [6, 6.07) is 6.87. The van der Waals surface area contributed by atoms with Crippen LogP contribution in [-0.2, 0) is 14.8 Å². The largest absolute Gasteiger partial charge is 0.442 e. The molecule has 3 rings (SSSR count). The number of amides is 1. The SMILES string of the molecule is C=CNC[C@H]1CN(c2cc(F)c(-c3ccc(S(N)(=O)=O)cc3)c(F)c2)C(=O)O1. The predicted octanol–water partition coefficient (Wildman–Crippen LogP) is 2.34. The number of rotatable bonds is 6. The lowest BCUT2D eigenvalue weighted by Gasteiger charge is -2.15. The first-order chi connectivity index (χ1) is 13.2. The van der Waals surface area contributed by atoms with Crippen molar-refractivity contribution < 1.29 is 26.7 Å². The van der Waals surface area contributed by atoms with E-state index in [2.05, 4.69) is 11.9 Å². The second kappa shape index (κ2) is 7.56. The molecule has 10 heteroatoms. The molecule has 0 spiro atoms. The highest BCUT2D eigenvalue weighted by molar-refractivity contribution is 7.89. The van der Waals surface area contributed by atoms with Crippen LogP contribution in [0.1, 0.15) is 0 Å². The minimum Gasteiger partial charge on any atom is -0.442 e. The lowest BCUT2D eigenvalue weighted by atomic mass is 10.0. The number of hydrogen-bond donors (Lipinski definition) is 2. The molecule has 1 amide bonds. The minimum atomic E-state index is -3.91. The number of carbonyl (C=O) groups is 1. The third-order valence-corrected chi connectivity index (χ3v) is 5.10. The molecule has 1 heterocycles. The molecule has 1 atom stereocenters. The van der Waals surface area contributed by atoms with E-state index in [-0.39, 0.29) is 28.3 Å². The van der Waals surface area contributed by atoms with E-state index in [9.17, 15) is 22.0 Å². The summed E-state index contributed by atoms with van der Waals surface area (Å²) in [6.45, 7) is 3.94. The van der Waals surface area contributed by atoms with Crippen molar-refractivity contribution in [3.8, 4) is 11.1 Å². The highest BCUT2D eigenvalue weighted by Gasteiger charge is 2.33. The van der Waals surface area contributed by atoms with Crippen LogP contribution in [-0.4, -0.2) is 33.7 Å². The van der Waals surface area contributed by atoms with Crippen molar-refractivity contribution in [1.29, 1.82) is 0 Å². The smallest absolute Gasteiger partial charge is 0.414 e. The van der Waals surface area contributed by atoms with Crippen LogP contribution in [0.4, 0.5) is 19.3 Å². The fourth-order valence-electron chi connectivity index (χ4n) is 2.86. The third kappa shape index (κ3) is 3.97. The Balaban J connectivity index is 1.89. The third-order valence-electron chi connectivity index (χ3n) is 4.17. The Hall–Kier alpha value is -2.98. The van der Waals surface area contributed by atoms with Crippen molar-refractivity contribution in [1.82, 2.24) is 5.32 Å². The molecule has 1 aliphatic rings. The molecule has 2 aromatic carbocycles. The van der Waals surface area contributed by atoms with Crippen LogP contribution in [0.25, 0.3) is 11.1 Å². The molecule has 0 aromatic heterocycles. The second-order valence-corrected chi connectivity index (χ2v) is 7.64. The fourth-order valence-corrected chi connectivity index (χ4v) is 3.37.